The minimum atomic E-state index is -6.87. The first-order valence-corrected chi connectivity index (χ1v) is 12.9. The number of nitrogens with one attached hydrogen (secondary N) is 1. The van der Waals surface area contributed by atoms with Crippen LogP contribution in [0.5, 0.6) is 0 Å². The molecule has 0 aliphatic rings. The lowest BCUT2D eigenvalue weighted by atomic mass is 10.1. The summed E-state index contributed by atoms with van der Waals surface area (Å²) in [4.78, 5) is 29.0. The summed E-state index contributed by atoms with van der Waals surface area (Å²) in [7, 11) is 0. The van der Waals surface area contributed by atoms with Gasteiger partial charge in [0.15, 0.2) is 5.82 Å². The molecule has 0 radical (unpaired) electrons. The molecule has 0 aliphatic heterocycles. The van der Waals surface area contributed by atoms with Crippen LogP contribution in [0.1, 0.15) is 37.9 Å². The van der Waals surface area contributed by atoms with Crippen molar-refractivity contribution in [3.8, 4) is 5.82 Å². The van der Waals surface area contributed by atoms with E-state index in [1.165, 1.54) is 12.1 Å². The number of aromatic carboxylic acids is 1. The van der Waals surface area contributed by atoms with Crippen LogP contribution in [0.3, 0.4) is 0 Å². The second kappa shape index (κ2) is 11.9. The Bertz CT molecular complexity index is 1840. The average molecular weight is 728 g/mol. The van der Waals surface area contributed by atoms with Crippen molar-refractivity contribution in [3.05, 3.63) is 86.0 Å². The van der Waals surface area contributed by atoms with Gasteiger partial charge in [0.05, 0.1) is 33.5 Å². The number of hydrogen-bond acceptors (Lipinski definition) is 5. The number of alkyl halides is 10. The van der Waals surface area contributed by atoms with Gasteiger partial charge in [0.25, 0.3) is 5.91 Å². The van der Waals surface area contributed by atoms with Crippen molar-refractivity contribution in [3.63, 3.8) is 0 Å². The third-order valence-corrected chi connectivity index (χ3v) is 6.72. The maximum Gasteiger partial charge on any atom is 0.460 e. The van der Waals surface area contributed by atoms with Crippen LogP contribution in [0.2, 0.25) is 15.1 Å². The highest BCUT2D eigenvalue weighted by Gasteiger charge is 2.74. The lowest BCUT2D eigenvalue weighted by Gasteiger charge is -2.26. The molecule has 0 unspecified atom stereocenters. The predicted octanol–water partition coefficient (Wildman–Crippen LogP) is 7.73. The first-order valence-electron chi connectivity index (χ1n) is 11.8. The average Bonchev–Trinajstić information content (AvgIpc) is 3.55. The molecule has 0 fully saturated rings. The molecule has 4 aromatic rings. The number of rotatable bonds is 8. The van der Waals surface area contributed by atoms with E-state index in [1.807, 2.05) is 0 Å². The van der Waals surface area contributed by atoms with Crippen molar-refractivity contribution in [1.29, 1.82) is 0 Å². The number of nitrogens with zero attached hydrogens (tertiary/aromatic N) is 5. The van der Waals surface area contributed by atoms with Crippen molar-refractivity contribution >= 4 is 52.4 Å². The Morgan fingerprint density at radius 2 is 1.54 bits per heavy atom. The molecule has 1 aromatic carbocycles. The number of benzene rings is 1. The van der Waals surface area contributed by atoms with Gasteiger partial charge in [-0.15, -0.1) is 0 Å². The van der Waals surface area contributed by atoms with Crippen molar-refractivity contribution < 1.29 is 58.6 Å². The molecule has 0 spiro atoms. The fraction of sp³-hybridized carbons (Fsp3) is 0.208. The number of carboxylic acids is 1. The Labute approximate surface area is 263 Å². The maximum absolute atomic E-state index is 14.3. The fourth-order valence-electron chi connectivity index (χ4n) is 3.82. The number of pyridine rings is 1. The van der Waals surface area contributed by atoms with Gasteiger partial charge < -0.3 is 10.4 Å². The summed E-state index contributed by atoms with van der Waals surface area (Å²) < 4.78 is 135. The van der Waals surface area contributed by atoms with E-state index in [9.17, 15) is 58.6 Å². The maximum atomic E-state index is 14.3. The van der Waals surface area contributed by atoms with E-state index in [2.05, 4.69) is 20.5 Å². The number of aromatic nitrogens is 5. The van der Waals surface area contributed by atoms with Crippen LogP contribution in [0, 0.1) is 0 Å². The number of carboxylic acid groups (broad SMARTS) is 1. The van der Waals surface area contributed by atoms with Gasteiger partial charge in [-0.2, -0.15) is 54.1 Å². The van der Waals surface area contributed by atoms with Crippen LogP contribution >= 0.6 is 34.8 Å². The number of halogens is 13. The molecule has 9 nitrogen and oxygen atoms in total. The second-order valence-corrected chi connectivity index (χ2v) is 10.3. The van der Waals surface area contributed by atoms with Gasteiger partial charge in [-0.25, -0.2) is 14.5 Å². The summed E-state index contributed by atoms with van der Waals surface area (Å²) in [5.74, 6) is -16.2. The van der Waals surface area contributed by atoms with Crippen LogP contribution in [0.15, 0.2) is 42.6 Å². The van der Waals surface area contributed by atoms with Crippen LogP contribution in [0.25, 0.3) is 5.82 Å². The molecule has 4 rings (SSSR count). The molecule has 0 saturated heterocycles. The lowest BCUT2D eigenvalue weighted by Crippen LogP contribution is -2.50. The van der Waals surface area contributed by atoms with E-state index in [-0.39, 0.29) is 25.6 Å². The van der Waals surface area contributed by atoms with Crippen LogP contribution in [-0.2, 0) is 18.6 Å². The van der Waals surface area contributed by atoms with Crippen LogP contribution in [0.4, 0.5) is 49.6 Å². The van der Waals surface area contributed by atoms with Crippen molar-refractivity contribution in [2.24, 2.45) is 0 Å². The zero-order valence-corrected chi connectivity index (χ0v) is 23.9. The normalized spacial score (nSPS) is 12.8. The quantitative estimate of drug-likeness (QED) is 0.180. The Balaban J connectivity index is 1.84. The van der Waals surface area contributed by atoms with Gasteiger partial charge in [0.1, 0.15) is 17.1 Å². The zero-order valence-electron chi connectivity index (χ0n) is 21.7. The molecule has 46 heavy (non-hydrogen) atoms. The van der Waals surface area contributed by atoms with Gasteiger partial charge in [-0.05, 0) is 36.4 Å². The van der Waals surface area contributed by atoms with Crippen LogP contribution < -0.4 is 5.32 Å². The topological polar surface area (TPSA) is 115 Å². The minimum Gasteiger partial charge on any atom is -0.478 e. The standard InChI is InChI=1S/C24H11Cl3F10N6O3/c25-9-4-11(20(45)46)17(13(27)5-9)39-19(44)14-6-10(40-43(14)18-12(26)2-1-3-38-18)8-42-16(22(30,31)32)7-15(41-42)21(28,29)23(33,34)24(35,36)37/h1-7H,8H2,(H,39,44)(H,45,46). The second-order valence-electron chi connectivity index (χ2n) is 9.03. The summed E-state index contributed by atoms with van der Waals surface area (Å²) in [5, 5.41) is 17.5. The van der Waals surface area contributed by atoms with Gasteiger partial charge in [0, 0.05) is 11.2 Å². The van der Waals surface area contributed by atoms with E-state index in [0.29, 0.717) is 4.68 Å². The fourth-order valence-corrected chi connectivity index (χ4v) is 4.56. The Morgan fingerprint density at radius 1 is 0.891 bits per heavy atom. The number of amides is 1. The molecule has 22 heteroatoms. The van der Waals surface area contributed by atoms with Crippen molar-refractivity contribution in [2.45, 2.75) is 30.7 Å². The highest BCUT2D eigenvalue weighted by molar-refractivity contribution is 6.38. The highest BCUT2D eigenvalue weighted by atomic mass is 35.5. The van der Waals surface area contributed by atoms with E-state index < -0.39 is 82.7 Å². The summed E-state index contributed by atoms with van der Waals surface area (Å²) in [5.41, 5.74) is -7.09. The van der Waals surface area contributed by atoms with Crippen molar-refractivity contribution in [1.82, 2.24) is 24.5 Å². The first kappa shape index (κ1) is 34.8. The summed E-state index contributed by atoms with van der Waals surface area (Å²) >= 11 is 18.0. The highest BCUT2D eigenvalue weighted by Crippen LogP contribution is 2.52. The minimum absolute atomic E-state index is 0.134. The van der Waals surface area contributed by atoms with Crippen LogP contribution in [-0.4, -0.2) is 53.6 Å². The predicted molar refractivity (Wildman–Crippen MR) is 139 cm³/mol. The summed E-state index contributed by atoms with van der Waals surface area (Å²) in [6.45, 7) is -1.33. The molecular formula is C24H11Cl3F10N6O3. The van der Waals surface area contributed by atoms with E-state index in [4.69, 9.17) is 34.8 Å². The molecule has 0 atom stereocenters. The largest absolute Gasteiger partial charge is 0.478 e. The van der Waals surface area contributed by atoms with Gasteiger partial charge >= 0.3 is 30.2 Å². The lowest BCUT2D eigenvalue weighted by molar-refractivity contribution is -0.360. The van der Waals surface area contributed by atoms with Crippen molar-refractivity contribution in [2.75, 3.05) is 5.32 Å². The molecule has 0 aliphatic carbocycles. The molecule has 2 N–H and O–H groups in total. The Hall–Kier alpha value is -4.10. The molecular weight excluding hydrogens is 717 g/mol. The smallest absolute Gasteiger partial charge is 0.460 e. The van der Waals surface area contributed by atoms with E-state index in [0.717, 1.165) is 24.4 Å². The van der Waals surface area contributed by atoms with E-state index >= 15 is 0 Å². The molecule has 3 aromatic heterocycles. The Morgan fingerprint density at radius 3 is 2.11 bits per heavy atom. The molecule has 1 amide bonds. The molecule has 3 heterocycles. The van der Waals surface area contributed by atoms with Gasteiger partial charge in [-0.3, -0.25) is 9.48 Å². The number of anilines is 1. The third-order valence-electron chi connectivity index (χ3n) is 5.91. The number of hydrogen-bond donors (Lipinski definition) is 2. The number of carbonyl (C=O) groups excluding carboxylic acids is 1. The summed E-state index contributed by atoms with van der Waals surface area (Å²) in [6, 6.07) is 4.62. The first-order chi connectivity index (χ1) is 21.1. The molecule has 0 saturated carbocycles. The summed E-state index contributed by atoms with van der Waals surface area (Å²) in [6.07, 6.45) is -11.3. The third kappa shape index (κ3) is 6.43. The van der Waals surface area contributed by atoms with Gasteiger partial charge in [-0.1, -0.05) is 34.8 Å². The van der Waals surface area contributed by atoms with E-state index in [1.54, 1.807) is 0 Å². The monoisotopic (exact) mass is 726 g/mol. The number of carbonyl (C=O) groups is 2. The van der Waals surface area contributed by atoms with Gasteiger partial charge in [0.2, 0.25) is 0 Å². The zero-order chi connectivity index (χ0) is 34.6. The molecule has 0 bridgehead atoms. The molecule has 246 valence electrons. The SMILES string of the molecule is O=C(O)c1cc(Cl)cc(Cl)c1NC(=O)c1cc(Cn2nc(C(F)(F)C(F)(F)C(F)(F)F)cc2C(F)(F)F)nn1-c1ncccc1Cl. The Kier molecular flexibility index (Phi) is 9.01.